The smallest absolute Gasteiger partial charge is 0.124 e. The lowest BCUT2D eigenvalue weighted by Gasteiger charge is -2.16. The summed E-state index contributed by atoms with van der Waals surface area (Å²) in [4.78, 5) is 0. The van der Waals surface area contributed by atoms with E-state index in [1.165, 1.54) is 0 Å². The molecule has 0 radical (unpaired) electrons. The Kier molecular flexibility index (Phi) is 2.26. The van der Waals surface area contributed by atoms with Crippen molar-refractivity contribution in [2.75, 3.05) is 5.88 Å². The van der Waals surface area contributed by atoms with Crippen LogP contribution in [0.3, 0.4) is 0 Å². The topological polar surface area (TPSA) is 25.8 Å². The Balaban J connectivity index is 2.85. The van der Waals surface area contributed by atoms with E-state index in [0.29, 0.717) is 5.88 Å². The van der Waals surface area contributed by atoms with Crippen molar-refractivity contribution in [3.05, 3.63) is 10.5 Å². The van der Waals surface area contributed by atoms with Gasteiger partial charge in [0.1, 0.15) is 10.5 Å². The lowest BCUT2D eigenvalue weighted by atomic mass is 9.98. The standard InChI is InChI=1S/C6H9ClN2S/c1-6(2,3-7)5-9-8-4-10-5/h4H,3H2,1-2H3. The molecule has 0 saturated heterocycles. The molecule has 0 N–H and O–H groups in total. The van der Waals surface area contributed by atoms with Crippen molar-refractivity contribution in [3.8, 4) is 0 Å². The maximum atomic E-state index is 5.72. The molecular weight excluding hydrogens is 168 g/mol. The molecule has 0 aliphatic heterocycles. The van der Waals surface area contributed by atoms with Crippen LogP contribution in [-0.4, -0.2) is 16.1 Å². The molecule has 1 aromatic rings. The molecule has 0 aliphatic rings. The van der Waals surface area contributed by atoms with Gasteiger partial charge in [0.15, 0.2) is 0 Å². The third kappa shape index (κ3) is 1.47. The van der Waals surface area contributed by atoms with E-state index in [2.05, 4.69) is 24.0 Å². The molecule has 4 heteroatoms. The van der Waals surface area contributed by atoms with Crippen LogP contribution in [0.15, 0.2) is 5.51 Å². The summed E-state index contributed by atoms with van der Waals surface area (Å²) in [6, 6.07) is 0. The molecule has 1 aromatic heterocycles. The Morgan fingerprint density at radius 3 is 2.80 bits per heavy atom. The molecule has 1 rings (SSSR count). The van der Waals surface area contributed by atoms with Crippen LogP contribution in [0.2, 0.25) is 0 Å². The van der Waals surface area contributed by atoms with Crippen molar-refractivity contribution >= 4 is 22.9 Å². The quantitative estimate of drug-likeness (QED) is 0.645. The van der Waals surface area contributed by atoms with E-state index in [0.717, 1.165) is 5.01 Å². The highest BCUT2D eigenvalue weighted by molar-refractivity contribution is 7.09. The van der Waals surface area contributed by atoms with E-state index in [4.69, 9.17) is 11.6 Å². The van der Waals surface area contributed by atoms with Crippen LogP contribution in [-0.2, 0) is 5.41 Å². The molecule has 0 fully saturated rings. The van der Waals surface area contributed by atoms with Gasteiger partial charge in [0.2, 0.25) is 0 Å². The highest BCUT2D eigenvalue weighted by atomic mass is 35.5. The summed E-state index contributed by atoms with van der Waals surface area (Å²) in [5, 5.41) is 8.69. The molecule has 56 valence electrons. The molecule has 0 atom stereocenters. The predicted octanol–water partition coefficient (Wildman–Crippen LogP) is 2.05. The molecule has 0 bridgehead atoms. The lowest BCUT2D eigenvalue weighted by Crippen LogP contribution is -2.18. The average molecular weight is 177 g/mol. The van der Waals surface area contributed by atoms with Gasteiger partial charge >= 0.3 is 0 Å². The average Bonchev–Trinajstić information content (AvgIpc) is 2.38. The minimum absolute atomic E-state index is 0.0251. The number of halogens is 1. The number of aromatic nitrogens is 2. The summed E-state index contributed by atoms with van der Waals surface area (Å²) in [6.07, 6.45) is 0. The molecule has 10 heavy (non-hydrogen) atoms. The first-order valence-electron chi connectivity index (χ1n) is 2.99. The predicted molar refractivity (Wildman–Crippen MR) is 43.7 cm³/mol. The molecule has 0 unspecified atom stereocenters. The molecule has 0 saturated carbocycles. The molecule has 0 aromatic carbocycles. The fourth-order valence-electron chi connectivity index (χ4n) is 0.525. The van der Waals surface area contributed by atoms with E-state index in [1.807, 2.05) is 0 Å². The molecule has 0 amide bonds. The highest BCUT2D eigenvalue weighted by Gasteiger charge is 2.22. The second-order valence-electron chi connectivity index (χ2n) is 2.76. The van der Waals surface area contributed by atoms with Gasteiger partial charge in [-0.2, -0.15) is 0 Å². The van der Waals surface area contributed by atoms with E-state index in [1.54, 1.807) is 16.8 Å². The summed E-state index contributed by atoms with van der Waals surface area (Å²) in [6.45, 7) is 4.11. The Morgan fingerprint density at radius 2 is 2.40 bits per heavy atom. The number of nitrogens with zero attached hydrogens (tertiary/aromatic N) is 2. The fraction of sp³-hybridized carbons (Fsp3) is 0.667. The minimum Gasteiger partial charge on any atom is -0.147 e. The number of alkyl halides is 1. The van der Waals surface area contributed by atoms with Gasteiger partial charge in [-0.3, -0.25) is 0 Å². The van der Waals surface area contributed by atoms with Crippen molar-refractivity contribution in [2.24, 2.45) is 0 Å². The molecular formula is C6H9ClN2S. The second-order valence-corrected chi connectivity index (χ2v) is 3.86. The van der Waals surface area contributed by atoms with Gasteiger partial charge in [0.05, 0.1) is 0 Å². The fourth-order valence-corrected chi connectivity index (χ4v) is 1.41. The van der Waals surface area contributed by atoms with Crippen LogP contribution in [0, 0.1) is 0 Å². The third-order valence-electron chi connectivity index (χ3n) is 1.27. The van der Waals surface area contributed by atoms with Gasteiger partial charge in [0, 0.05) is 11.3 Å². The first kappa shape index (κ1) is 7.95. The van der Waals surface area contributed by atoms with Crippen LogP contribution >= 0.6 is 22.9 Å². The Bertz CT molecular complexity index is 196. The number of rotatable bonds is 2. The molecule has 2 nitrogen and oxygen atoms in total. The molecule has 0 aliphatic carbocycles. The molecule has 0 spiro atoms. The van der Waals surface area contributed by atoms with Crippen LogP contribution in [0.4, 0.5) is 0 Å². The first-order valence-corrected chi connectivity index (χ1v) is 4.41. The summed E-state index contributed by atoms with van der Waals surface area (Å²) in [5.41, 5.74) is 1.70. The normalized spacial score (nSPS) is 11.9. The third-order valence-corrected chi connectivity index (χ3v) is 3.00. The van der Waals surface area contributed by atoms with Crippen molar-refractivity contribution in [2.45, 2.75) is 19.3 Å². The second kappa shape index (κ2) is 2.84. The van der Waals surface area contributed by atoms with Crippen LogP contribution in [0.1, 0.15) is 18.9 Å². The highest BCUT2D eigenvalue weighted by Crippen LogP contribution is 2.24. The Hall–Kier alpha value is -0.150. The van der Waals surface area contributed by atoms with Gasteiger partial charge in [0.25, 0.3) is 0 Å². The SMILES string of the molecule is CC(C)(CCl)c1nncs1. The van der Waals surface area contributed by atoms with Gasteiger partial charge in [-0.05, 0) is 0 Å². The lowest BCUT2D eigenvalue weighted by molar-refractivity contribution is 0.585. The van der Waals surface area contributed by atoms with Crippen LogP contribution in [0.25, 0.3) is 0 Å². The van der Waals surface area contributed by atoms with Gasteiger partial charge in [-0.15, -0.1) is 33.1 Å². The van der Waals surface area contributed by atoms with Gasteiger partial charge in [-0.25, -0.2) is 0 Å². The van der Waals surface area contributed by atoms with Crippen LogP contribution < -0.4 is 0 Å². The zero-order chi connectivity index (χ0) is 7.61. The van der Waals surface area contributed by atoms with Gasteiger partial charge in [-0.1, -0.05) is 13.8 Å². The van der Waals surface area contributed by atoms with E-state index >= 15 is 0 Å². The summed E-state index contributed by atoms with van der Waals surface area (Å²) >= 11 is 7.27. The zero-order valence-electron chi connectivity index (χ0n) is 5.97. The minimum atomic E-state index is -0.0251. The van der Waals surface area contributed by atoms with E-state index < -0.39 is 0 Å². The maximum absolute atomic E-state index is 5.72. The van der Waals surface area contributed by atoms with Crippen molar-refractivity contribution in [3.63, 3.8) is 0 Å². The number of hydrogen-bond donors (Lipinski definition) is 0. The van der Waals surface area contributed by atoms with Crippen molar-refractivity contribution in [1.29, 1.82) is 0 Å². The Morgan fingerprint density at radius 1 is 1.70 bits per heavy atom. The monoisotopic (exact) mass is 176 g/mol. The van der Waals surface area contributed by atoms with Crippen molar-refractivity contribution < 1.29 is 0 Å². The first-order chi connectivity index (χ1) is 4.67. The zero-order valence-corrected chi connectivity index (χ0v) is 7.54. The summed E-state index contributed by atoms with van der Waals surface area (Å²) < 4.78 is 0. The number of hydrogen-bond acceptors (Lipinski definition) is 3. The van der Waals surface area contributed by atoms with E-state index in [9.17, 15) is 0 Å². The largest absolute Gasteiger partial charge is 0.147 e. The maximum Gasteiger partial charge on any atom is 0.124 e. The molecule has 1 heterocycles. The van der Waals surface area contributed by atoms with Crippen molar-refractivity contribution in [1.82, 2.24) is 10.2 Å². The van der Waals surface area contributed by atoms with Gasteiger partial charge < -0.3 is 0 Å². The Labute approximate surface area is 69.2 Å². The summed E-state index contributed by atoms with van der Waals surface area (Å²) in [5.74, 6) is 0.586. The van der Waals surface area contributed by atoms with E-state index in [-0.39, 0.29) is 5.41 Å². The summed E-state index contributed by atoms with van der Waals surface area (Å²) in [7, 11) is 0. The van der Waals surface area contributed by atoms with Crippen LogP contribution in [0.5, 0.6) is 0 Å².